The molecular formula is C6H8N2. The zero-order valence-electron chi connectivity index (χ0n) is 10.0. The number of pyridine rings is 1. The Morgan fingerprint density at radius 1 is 2.00 bits per heavy atom. The molecule has 0 fully saturated rings. The van der Waals surface area contributed by atoms with Crippen molar-refractivity contribution in [2.45, 2.75) is 6.85 Å². The van der Waals surface area contributed by atoms with E-state index in [2.05, 4.69) is 4.98 Å². The van der Waals surface area contributed by atoms with Crippen LogP contribution in [0.15, 0.2) is 18.3 Å². The lowest BCUT2D eigenvalue weighted by atomic mass is 10.3. The second-order valence-electron chi connectivity index (χ2n) is 1.23. The van der Waals surface area contributed by atoms with Gasteiger partial charge in [-0.15, -0.1) is 0 Å². The molecule has 0 bridgehead atoms. The van der Waals surface area contributed by atoms with Crippen molar-refractivity contribution in [1.29, 1.82) is 0 Å². The van der Waals surface area contributed by atoms with Crippen molar-refractivity contribution >= 4 is 5.82 Å². The Labute approximate surface area is 56.8 Å². The van der Waals surface area contributed by atoms with Crippen molar-refractivity contribution in [2.24, 2.45) is 0 Å². The van der Waals surface area contributed by atoms with Gasteiger partial charge in [0.2, 0.25) is 0 Å². The summed E-state index contributed by atoms with van der Waals surface area (Å²) in [6, 6.07) is -1.06. The Hall–Kier alpha value is -1.05. The predicted octanol–water partition coefficient (Wildman–Crippen LogP) is 0.972. The molecule has 0 radical (unpaired) electrons. The maximum Gasteiger partial charge on any atom is 0.123 e. The zero-order chi connectivity index (χ0) is 11.1. The van der Waals surface area contributed by atoms with E-state index in [1.165, 1.54) is 0 Å². The largest absolute Gasteiger partial charge is 0.384 e. The van der Waals surface area contributed by atoms with Crippen molar-refractivity contribution in [1.82, 2.24) is 4.98 Å². The molecule has 1 aromatic heterocycles. The number of aromatic nitrogens is 1. The molecule has 0 unspecified atom stereocenters. The number of nitrogen functional groups attached to an aromatic ring is 1. The summed E-state index contributed by atoms with van der Waals surface area (Å²) in [4.78, 5) is 3.37. The maximum atomic E-state index is 7.34. The Morgan fingerprint density at radius 3 is 3.62 bits per heavy atom. The van der Waals surface area contributed by atoms with Gasteiger partial charge in [-0.3, -0.25) is 0 Å². The van der Waals surface area contributed by atoms with Crippen LogP contribution in [0.1, 0.15) is 13.8 Å². The summed E-state index contributed by atoms with van der Waals surface area (Å²) in [5.74, 6) is -0.336. The first-order chi connectivity index (χ1) is 6.25. The van der Waals surface area contributed by atoms with Gasteiger partial charge in [0.1, 0.15) is 5.82 Å². The number of nitrogens with zero attached hydrogens (tertiary/aromatic N) is 1. The average Bonchev–Trinajstić information content (AvgIpc) is 1.98. The lowest BCUT2D eigenvalue weighted by Gasteiger charge is -1.90. The molecule has 0 atom stereocenters. The zero-order valence-corrected chi connectivity index (χ0v) is 4.02. The van der Waals surface area contributed by atoms with Crippen molar-refractivity contribution in [3.05, 3.63) is 23.8 Å². The monoisotopic (exact) mass is 114 g/mol. The summed E-state index contributed by atoms with van der Waals surface area (Å²) in [5, 5.41) is 0. The predicted molar refractivity (Wildman–Crippen MR) is 33.4 cm³/mol. The van der Waals surface area contributed by atoms with Crippen LogP contribution in [0, 0.1) is 6.85 Å². The van der Waals surface area contributed by atoms with Crippen molar-refractivity contribution in [3.63, 3.8) is 0 Å². The maximum absolute atomic E-state index is 7.34. The molecule has 1 aromatic rings. The van der Waals surface area contributed by atoms with Gasteiger partial charge >= 0.3 is 0 Å². The van der Waals surface area contributed by atoms with Gasteiger partial charge in [-0.2, -0.15) is 0 Å². The highest BCUT2D eigenvalue weighted by Gasteiger charge is 1.82. The van der Waals surface area contributed by atoms with Crippen LogP contribution in [0.25, 0.3) is 0 Å². The summed E-state index contributed by atoms with van der Waals surface area (Å²) in [7, 11) is 0. The molecule has 1 heterocycles. The fraction of sp³-hybridized carbons (Fsp3) is 0.167. The first-order valence-electron chi connectivity index (χ1n) is 4.99. The molecule has 0 amide bonds. The lowest BCUT2D eigenvalue weighted by Crippen LogP contribution is -1.87. The molecule has 0 aromatic carbocycles. The second-order valence-corrected chi connectivity index (χ2v) is 1.23. The third-order valence-corrected chi connectivity index (χ3v) is 0.610. The summed E-state index contributed by atoms with van der Waals surface area (Å²) in [6.45, 7) is -2.61. The highest BCUT2D eigenvalue weighted by atomic mass is 14.8. The minimum Gasteiger partial charge on any atom is -0.384 e. The Morgan fingerprint density at radius 2 is 2.88 bits per heavy atom. The van der Waals surface area contributed by atoms with Gasteiger partial charge in [-0.1, -0.05) is 0 Å². The average molecular weight is 114 g/mol. The van der Waals surface area contributed by atoms with E-state index in [0.717, 1.165) is 0 Å². The van der Waals surface area contributed by atoms with E-state index in [-0.39, 0.29) is 5.82 Å². The van der Waals surface area contributed by atoms with Gasteiger partial charge < -0.3 is 5.73 Å². The molecule has 1 rings (SSSR count). The molecule has 0 spiro atoms. The minimum absolute atomic E-state index is 0.336. The van der Waals surface area contributed by atoms with Gasteiger partial charge in [0, 0.05) is 10.3 Å². The molecule has 0 aliphatic heterocycles. The van der Waals surface area contributed by atoms with E-state index in [4.69, 9.17) is 14.0 Å². The number of hydrogen-bond acceptors (Lipinski definition) is 2. The Bertz CT molecular complexity index is 345. The van der Waals surface area contributed by atoms with Gasteiger partial charge in [0.15, 0.2) is 0 Å². The molecule has 2 heteroatoms. The fourth-order valence-electron chi connectivity index (χ4n) is 0.331. The molecule has 0 aliphatic carbocycles. The van der Waals surface area contributed by atoms with Crippen molar-refractivity contribution < 1.29 is 8.22 Å². The van der Waals surface area contributed by atoms with Crippen LogP contribution in [0.2, 0.25) is 0 Å². The molecule has 0 saturated carbocycles. The normalized spacial score (nSPS) is 21.5. The van der Waals surface area contributed by atoms with Gasteiger partial charge in [-0.25, -0.2) is 4.98 Å². The quantitative estimate of drug-likeness (QED) is 0.546. The molecule has 8 heavy (non-hydrogen) atoms. The van der Waals surface area contributed by atoms with Gasteiger partial charge in [0.25, 0.3) is 0 Å². The molecule has 2 nitrogen and oxygen atoms in total. The second kappa shape index (κ2) is 1.82. The van der Waals surface area contributed by atoms with Crippen molar-refractivity contribution in [3.8, 4) is 0 Å². The fourth-order valence-corrected chi connectivity index (χ4v) is 0.331. The van der Waals surface area contributed by atoms with Gasteiger partial charge in [0.05, 0.1) is 4.11 Å². The number of nitrogens with two attached hydrogens (primary N) is 1. The van der Waals surface area contributed by atoms with Crippen LogP contribution in [0.5, 0.6) is 0 Å². The molecular weight excluding hydrogens is 100 g/mol. The SMILES string of the molecule is [2H]c1nc(N)c([2H])c(C([2H])([2H])[2H])c1[2H]. The van der Waals surface area contributed by atoms with E-state index < -0.39 is 30.7 Å². The molecule has 0 aliphatic rings. The number of anilines is 1. The minimum atomic E-state index is -2.61. The van der Waals surface area contributed by atoms with Gasteiger partial charge in [-0.05, 0) is 24.5 Å². The number of hydrogen-bond donors (Lipinski definition) is 1. The molecule has 42 valence electrons. The number of rotatable bonds is 0. The standard InChI is InChI=1S/C6H8N2/c1-5-2-3-8-6(7)4-5/h2-4H,1H3,(H2,7,8)/i1D3,2D,3D,4D. The van der Waals surface area contributed by atoms with E-state index in [9.17, 15) is 0 Å². The summed E-state index contributed by atoms with van der Waals surface area (Å²) >= 11 is 0. The lowest BCUT2D eigenvalue weighted by molar-refractivity contribution is 1.30. The van der Waals surface area contributed by atoms with Crippen LogP contribution < -0.4 is 5.73 Å². The first-order valence-corrected chi connectivity index (χ1v) is 1.99. The van der Waals surface area contributed by atoms with Crippen LogP contribution in [0.3, 0.4) is 0 Å². The Kier molecular flexibility index (Phi) is 0.334. The van der Waals surface area contributed by atoms with Crippen molar-refractivity contribution in [2.75, 3.05) is 5.73 Å². The van der Waals surface area contributed by atoms with Crippen LogP contribution in [-0.4, -0.2) is 4.98 Å². The van der Waals surface area contributed by atoms with Crippen LogP contribution in [0.4, 0.5) is 5.82 Å². The summed E-state index contributed by atoms with van der Waals surface area (Å²) in [6.07, 6.45) is -0.523. The summed E-state index contributed by atoms with van der Waals surface area (Å²) in [5.41, 5.74) is 4.72. The smallest absolute Gasteiger partial charge is 0.123 e. The van der Waals surface area contributed by atoms with Crippen LogP contribution >= 0.6 is 0 Å². The van der Waals surface area contributed by atoms with E-state index in [1.54, 1.807) is 0 Å². The molecule has 0 saturated heterocycles. The van der Waals surface area contributed by atoms with E-state index in [1.807, 2.05) is 0 Å². The molecule has 2 N–H and O–H groups in total. The first kappa shape index (κ1) is 1.47. The third-order valence-electron chi connectivity index (χ3n) is 0.610. The van der Waals surface area contributed by atoms with Crippen LogP contribution in [-0.2, 0) is 0 Å². The highest BCUT2D eigenvalue weighted by Crippen LogP contribution is 1.98. The Balaban J connectivity index is 3.56. The summed E-state index contributed by atoms with van der Waals surface area (Å²) < 4.78 is 43.0. The van der Waals surface area contributed by atoms with E-state index >= 15 is 0 Å². The third kappa shape index (κ3) is 0.964. The topological polar surface area (TPSA) is 38.9 Å². The highest BCUT2D eigenvalue weighted by molar-refractivity contribution is 5.30. The van der Waals surface area contributed by atoms with E-state index in [0.29, 0.717) is 0 Å².